The fourth-order valence-corrected chi connectivity index (χ4v) is 4.05. The van der Waals surface area contributed by atoms with Crippen molar-refractivity contribution in [2.24, 2.45) is 5.92 Å². The number of aldehydes is 1. The van der Waals surface area contributed by atoms with Crippen molar-refractivity contribution in [1.82, 2.24) is 26.2 Å². The molecule has 15 heteroatoms. The molecule has 0 aromatic heterocycles. The zero-order valence-corrected chi connectivity index (χ0v) is 26.9. The molecule has 8 atom stereocenters. The van der Waals surface area contributed by atoms with Crippen LogP contribution >= 0.6 is 0 Å². The average Bonchev–Trinajstić information content (AvgIpc) is 3.34. The van der Waals surface area contributed by atoms with Gasteiger partial charge in [-0.2, -0.15) is 0 Å². The second-order valence-corrected chi connectivity index (χ2v) is 10.8. The number of aliphatic hydroxyl groups excluding tert-OH is 3. The summed E-state index contributed by atoms with van der Waals surface area (Å²) in [5, 5.41) is 50.8. The molecule has 8 N–H and O–H groups in total. The molecule has 1 saturated heterocycles. The Morgan fingerprint density at radius 2 is 1.62 bits per heavy atom. The third kappa shape index (κ3) is 13.1. The Morgan fingerprint density at radius 3 is 2.02 bits per heavy atom. The standard InChI is InChI=1S/C22H32N4O8.C4H7FO.C4H11N/c1-4-14(22(34)26-9-11(2)17(29)16(26)21(33)23-3)25-20(32)15(24-10-27)19(31)18(30)12-5-7-13(28)8-6-12;1-2-4(5)3-6;1-4(2)5-3/h5-8,10-11,14-19,28-31H,4,9H2,1-3H3,(H,23,33)(H,24,27)(H,25,32);3-4H,2H2,1H3;4-5H,1-3H3. The number of hydrogen-bond donors (Lipinski definition) is 8. The first kappa shape index (κ1) is 41.3. The molecule has 45 heavy (non-hydrogen) atoms. The number of rotatable bonds is 13. The summed E-state index contributed by atoms with van der Waals surface area (Å²) in [7, 11) is 3.33. The lowest BCUT2D eigenvalue weighted by molar-refractivity contribution is -0.144. The zero-order valence-electron chi connectivity index (χ0n) is 26.9. The summed E-state index contributed by atoms with van der Waals surface area (Å²) in [5.74, 6) is -2.51. The minimum absolute atomic E-state index is 0.0635. The fourth-order valence-electron chi connectivity index (χ4n) is 4.05. The maximum absolute atomic E-state index is 13.2. The maximum atomic E-state index is 13.2. The summed E-state index contributed by atoms with van der Waals surface area (Å²) in [6.07, 6.45) is -4.80. The summed E-state index contributed by atoms with van der Waals surface area (Å²) in [6, 6.07) is 2.04. The van der Waals surface area contributed by atoms with E-state index < -0.39 is 60.3 Å². The third-order valence-electron chi connectivity index (χ3n) is 7.09. The lowest BCUT2D eigenvalue weighted by atomic mass is 9.97. The predicted molar refractivity (Wildman–Crippen MR) is 164 cm³/mol. The van der Waals surface area contributed by atoms with Crippen LogP contribution in [0.4, 0.5) is 4.39 Å². The molecule has 256 valence electrons. The second-order valence-electron chi connectivity index (χ2n) is 10.8. The Balaban J connectivity index is 0.00000150. The first-order valence-electron chi connectivity index (χ1n) is 14.8. The van der Waals surface area contributed by atoms with Gasteiger partial charge >= 0.3 is 0 Å². The summed E-state index contributed by atoms with van der Waals surface area (Å²) < 4.78 is 11.5. The number of amides is 4. The SMILES string of the molecule is CCC(F)C=O.CCC(NC(=O)C(NC=O)C(O)C(O)c1ccc(O)cc1)C(=O)N1CC(C)C(O)C1C(=O)NC.CNC(C)C. The molecule has 14 nitrogen and oxygen atoms in total. The highest BCUT2D eigenvalue weighted by atomic mass is 19.1. The topological polar surface area (TPSA) is 218 Å². The highest BCUT2D eigenvalue weighted by molar-refractivity contribution is 5.94. The number of nitrogens with one attached hydrogen (secondary N) is 4. The van der Waals surface area contributed by atoms with Crippen LogP contribution in [0.5, 0.6) is 5.75 Å². The Morgan fingerprint density at radius 1 is 1.07 bits per heavy atom. The molecule has 0 aliphatic carbocycles. The molecular weight excluding hydrogens is 593 g/mol. The molecule has 0 bridgehead atoms. The number of benzene rings is 1. The highest BCUT2D eigenvalue weighted by Crippen LogP contribution is 2.25. The van der Waals surface area contributed by atoms with Gasteiger partial charge in [-0.15, -0.1) is 0 Å². The van der Waals surface area contributed by atoms with Crippen LogP contribution in [0.15, 0.2) is 24.3 Å². The third-order valence-corrected chi connectivity index (χ3v) is 7.09. The number of aliphatic hydroxyl groups is 3. The van der Waals surface area contributed by atoms with E-state index >= 15 is 0 Å². The van der Waals surface area contributed by atoms with Crippen LogP contribution in [0, 0.1) is 5.92 Å². The van der Waals surface area contributed by atoms with Crippen molar-refractivity contribution >= 4 is 30.4 Å². The van der Waals surface area contributed by atoms with Crippen molar-refractivity contribution in [2.75, 3.05) is 20.6 Å². The lowest BCUT2D eigenvalue weighted by Crippen LogP contribution is -2.59. The van der Waals surface area contributed by atoms with Gasteiger partial charge in [-0.1, -0.05) is 46.8 Å². The van der Waals surface area contributed by atoms with Gasteiger partial charge in [0.1, 0.15) is 36.1 Å². The van der Waals surface area contributed by atoms with E-state index in [-0.39, 0.29) is 36.6 Å². The minimum Gasteiger partial charge on any atom is -0.508 e. The number of halogens is 1. The number of likely N-dealkylation sites (tertiary alicyclic amines) is 1. The second kappa shape index (κ2) is 21.1. The highest BCUT2D eigenvalue weighted by Gasteiger charge is 2.46. The number of likely N-dealkylation sites (N-methyl/N-ethyl adjacent to an activating group) is 1. The maximum Gasteiger partial charge on any atom is 0.246 e. The molecule has 2 rings (SSSR count). The van der Waals surface area contributed by atoms with Crippen LogP contribution in [0.3, 0.4) is 0 Å². The average molecular weight is 644 g/mol. The molecule has 0 radical (unpaired) electrons. The summed E-state index contributed by atoms with van der Waals surface area (Å²) in [4.78, 5) is 60.0. The van der Waals surface area contributed by atoms with E-state index in [0.29, 0.717) is 18.7 Å². The van der Waals surface area contributed by atoms with Crippen LogP contribution < -0.4 is 21.3 Å². The molecule has 1 fully saturated rings. The van der Waals surface area contributed by atoms with Crippen molar-refractivity contribution in [3.05, 3.63) is 29.8 Å². The number of alkyl halides is 1. The largest absolute Gasteiger partial charge is 0.508 e. The summed E-state index contributed by atoms with van der Waals surface area (Å²) >= 11 is 0. The van der Waals surface area contributed by atoms with E-state index in [0.717, 1.165) is 0 Å². The number of aromatic hydroxyl groups is 1. The quantitative estimate of drug-likeness (QED) is 0.126. The molecular formula is C30H50FN5O9. The Kier molecular flexibility index (Phi) is 19.4. The Hall–Kier alpha value is -3.66. The van der Waals surface area contributed by atoms with E-state index in [1.165, 1.54) is 36.2 Å². The van der Waals surface area contributed by atoms with Gasteiger partial charge in [-0.05, 0) is 37.6 Å². The van der Waals surface area contributed by atoms with E-state index in [1.807, 2.05) is 7.05 Å². The molecule has 8 unspecified atom stereocenters. The minimum atomic E-state index is -1.78. The van der Waals surface area contributed by atoms with Gasteiger partial charge in [0.05, 0.1) is 6.10 Å². The first-order chi connectivity index (χ1) is 21.1. The number of carbonyl (C=O) groups excluding carboxylic acids is 5. The van der Waals surface area contributed by atoms with Crippen molar-refractivity contribution in [2.45, 2.75) is 96.1 Å². The van der Waals surface area contributed by atoms with Crippen LogP contribution in [-0.4, -0.2) is 119 Å². The number of nitrogens with zero attached hydrogens (tertiary/aromatic N) is 1. The van der Waals surface area contributed by atoms with Gasteiger partial charge in [-0.3, -0.25) is 19.2 Å². The number of phenols is 1. The molecule has 1 aliphatic rings. The van der Waals surface area contributed by atoms with Crippen molar-refractivity contribution in [1.29, 1.82) is 0 Å². The first-order valence-corrected chi connectivity index (χ1v) is 14.8. The van der Waals surface area contributed by atoms with Crippen molar-refractivity contribution in [3.8, 4) is 5.75 Å². The normalized spacial score (nSPS) is 20.5. The monoisotopic (exact) mass is 643 g/mol. The number of hydrogen-bond acceptors (Lipinski definition) is 10. The molecule has 1 aromatic carbocycles. The molecule has 1 aromatic rings. The van der Waals surface area contributed by atoms with Gasteiger partial charge in [-0.25, -0.2) is 4.39 Å². The molecule has 4 amide bonds. The number of carbonyl (C=O) groups is 5. The van der Waals surface area contributed by atoms with Gasteiger partial charge in [0, 0.05) is 25.6 Å². The van der Waals surface area contributed by atoms with E-state index in [2.05, 4.69) is 35.1 Å². The molecule has 0 spiro atoms. The fraction of sp³-hybridized carbons (Fsp3) is 0.633. The van der Waals surface area contributed by atoms with Gasteiger partial charge < -0.3 is 51.4 Å². The molecule has 0 saturated carbocycles. The Labute approximate surface area is 263 Å². The smallest absolute Gasteiger partial charge is 0.246 e. The number of phenolic OH excluding ortho intramolecular Hbond substituents is 1. The van der Waals surface area contributed by atoms with Crippen molar-refractivity contribution < 1.29 is 48.8 Å². The van der Waals surface area contributed by atoms with E-state index in [1.54, 1.807) is 20.8 Å². The zero-order chi connectivity index (χ0) is 34.9. The predicted octanol–water partition coefficient (Wildman–Crippen LogP) is -0.703. The van der Waals surface area contributed by atoms with Crippen LogP contribution in [0.1, 0.15) is 59.1 Å². The van der Waals surface area contributed by atoms with Gasteiger partial charge in [0.2, 0.25) is 24.1 Å². The molecule has 1 heterocycles. The summed E-state index contributed by atoms with van der Waals surface area (Å²) in [6.45, 7) is 9.26. The van der Waals surface area contributed by atoms with Crippen LogP contribution in [0.2, 0.25) is 0 Å². The van der Waals surface area contributed by atoms with Crippen molar-refractivity contribution in [3.63, 3.8) is 0 Å². The summed E-state index contributed by atoms with van der Waals surface area (Å²) in [5.41, 5.74) is 0.187. The van der Waals surface area contributed by atoms with Gasteiger partial charge in [0.25, 0.3) is 0 Å². The van der Waals surface area contributed by atoms with Crippen LogP contribution in [-0.2, 0) is 24.0 Å². The van der Waals surface area contributed by atoms with Gasteiger partial charge in [0.15, 0.2) is 12.5 Å². The molecule has 1 aliphatic heterocycles. The van der Waals surface area contributed by atoms with E-state index in [4.69, 9.17) is 0 Å². The van der Waals surface area contributed by atoms with E-state index in [9.17, 15) is 48.8 Å². The van der Waals surface area contributed by atoms with Crippen LogP contribution in [0.25, 0.3) is 0 Å². The Bertz CT molecular complexity index is 1060. The lowest BCUT2D eigenvalue weighted by Gasteiger charge is -2.31.